The minimum Gasteiger partial charge on any atom is -0.384 e. The maximum absolute atomic E-state index is 14.2. The van der Waals surface area contributed by atoms with Gasteiger partial charge in [-0.1, -0.05) is 0 Å². The number of anilines is 1. The molecule has 2 heterocycles. The average molecular weight is 353 g/mol. The molecule has 1 aliphatic heterocycles. The van der Waals surface area contributed by atoms with E-state index in [-0.39, 0.29) is 49.6 Å². The van der Waals surface area contributed by atoms with Gasteiger partial charge in [0.2, 0.25) is 0 Å². The van der Waals surface area contributed by atoms with Crippen molar-refractivity contribution in [1.82, 2.24) is 9.88 Å². The van der Waals surface area contributed by atoms with Crippen LogP contribution in [-0.4, -0.2) is 28.9 Å². The van der Waals surface area contributed by atoms with Crippen LogP contribution in [0.2, 0.25) is 0 Å². The van der Waals surface area contributed by atoms with Crippen molar-refractivity contribution in [2.24, 2.45) is 0 Å². The zero-order valence-corrected chi connectivity index (χ0v) is 13.8. The minimum atomic E-state index is -2.64. The lowest BCUT2D eigenvalue weighted by Gasteiger charge is -2.31. The average Bonchev–Trinajstić information content (AvgIpc) is 2.52. The molecular weight excluding hydrogens is 334 g/mol. The van der Waals surface area contributed by atoms with Crippen LogP contribution in [0.4, 0.5) is 23.4 Å². The summed E-state index contributed by atoms with van der Waals surface area (Å²) in [6, 6.07) is 5.87. The maximum atomic E-state index is 14.2. The summed E-state index contributed by atoms with van der Waals surface area (Å²) >= 11 is 0. The van der Waals surface area contributed by atoms with Crippen LogP contribution in [0.15, 0.2) is 24.3 Å². The number of rotatable bonds is 3. The summed E-state index contributed by atoms with van der Waals surface area (Å²) in [7, 11) is 0. The molecule has 1 saturated heterocycles. The van der Waals surface area contributed by atoms with Crippen LogP contribution in [0.25, 0.3) is 11.3 Å². The summed E-state index contributed by atoms with van der Waals surface area (Å²) in [6.45, 7) is 2.50. The van der Waals surface area contributed by atoms with E-state index in [1.807, 2.05) is 4.90 Å². The molecular formula is C18H19F4N3. The Kier molecular flexibility index (Phi) is 4.69. The molecule has 2 N–H and O–H groups in total. The molecule has 0 bridgehead atoms. The van der Waals surface area contributed by atoms with Crippen LogP contribution in [0, 0.1) is 18.6 Å². The number of nitrogens with two attached hydrogens (primary N) is 1. The zero-order valence-electron chi connectivity index (χ0n) is 13.8. The van der Waals surface area contributed by atoms with E-state index in [2.05, 4.69) is 4.98 Å². The number of aromatic nitrogens is 1. The first kappa shape index (κ1) is 17.7. The number of pyridine rings is 1. The van der Waals surface area contributed by atoms with Gasteiger partial charge in [-0.05, 0) is 42.3 Å². The largest absolute Gasteiger partial charge is 0.384 e. The third-order valence-corrected chi connectivity index (χ3v) is 4.35. The fourth-order valence-electron chi connectivity index (χ4n) is 3.05. The first-order chi connectivity index (χ1) is 11.7. The summed E-state index contributed by atoms with van der Waals surface area (Å²) in [5.41, 5.74) is 7.26. The number of aryl methyl sites for hydroxylation is 1. The maximum Gasteiger partial charge on any atom is 0.250 e. The number of piperidine rings is 1. The molecule has 0 atom stereocenters. The van der Waals surface area contributed by atoms with Gasteiger partial charge in [-0.15, -0.1) is 0 Å². The molecule has 25 heavy (non-hydrogen) atoms. The second-order valence-electron chi connectivity index (χ2n) is 6.53. The van der Waals surface area contributed by atoms with Gasteiger partial charge in [0, 0.05) is 38.0 Å². The third-order valence-electron chi connectivity index (χ3n) is 4.35. The van der Waals surface area contributed by atoms with Crippen LogP contribution in [-0.2, 0) is 6.54 Å². The predicted molar refractivity (Wildman–Crippen MR) is 88.2 cm³/mol. The Balaban J connectivity index is 1.88. The van der Waals surface area contributed by atoms with Gasteiger partial charge in [-0.25, -0.2) is 22.5 Å². The van der Waals surface area contributed by atoms with Crippen LogP contribution >= 0.6 is 0 Å². The second-order valence-corrected chi connectivity index (χ2v) is 6.53. The van der Waals surface area contributed by atoms with Gasteiger partial charge >= 0.3 is 0 Å². The Morgan fingerprint density at radius 3 is 2.44 bits per heavy atom. The van der Waals surface area contributed by atoms with Crippen molar-refractivity contribution in [3.63, 3.8) is 0 Å². The third kappa shape index (κ3) is 4.10. The quantitative estimate of drug-likeness (QED) is 0.843. The molecule has 0 amide bonds. The number of hydrogen-bond donors (Lipinski definition) is 1. The Morgan fingerprint density at radius 1 is 1.12 bits per heavy atom. The summed E-state index contributed by atoms with van der Waals surface area (Å²) in [5, 5.41) is 0. The summed E-state index contributed by atoms with van der Waals surface area (Å²) in [5.74, 6) is -4.40. The Labute approximate surface area is 143 Å². The Morgan fingerprint density at radius 2 is 1.80 bits per heavy atom. The minimum absolute atomic E-state index is 0.0211. The molecule has 1 aliphatic rings. The van der Waals surface area contributed by atoms with Crippen molar-refractivity contribution >= 4 is 5.82 Å². The Bertz CT molecular complexity index is 762. The lowest BCUT2D eigenvalue weighted by atomic mass is 10.0. The van der Waals surface area contributed by atoms with E-state index < -0.39 is 17.6 Å². The predicted octanol–water partition coefficient (Wildman–Crippen LogP) is 4.15. The molecule has 1 aromatic heterocycles. The SMILES string of the molecule is Cc1cc(N)nc(-c2cc(CN3CCC(F)(F)CC3)cc(F)c2F)c1. The van der Waals surface area contributed by atoms with Crippen LogP contribution < -0.4 is 5.73 Å². The van der Waals surface area contributed by atoms with E-state index in [4.69, 9.17) is 5.73 Å². The van der Waals surface area contributed by atoms with Gasteiger partial charge in [0.25, 0.3) is 5.92 Å². The highest BCUT2D eigenvalue weighted by Crippen LogP contribution is 2.30. The molecule has 3 nitrogen and oxygen atoms in total. The summed E-state index contributed by atoms with van der Waals surface area (Å²) in [6.07, 6.45) is -0.445. The number of hydrogen-bond acceptors (Lipinski definition) is 3. The normalized spacial score (nSPS) is 17.6. The van der Waals surface area contributed by atoms with E-state index >= 15 is 0 Å². The van der Waals surface area contributed by atoms with Crippen LogP contribution in [0.1, 0.15) is 24.0 Å². The monoisotopic (exact) mass is 353 g/mol. The fraction of sp³-hybridized carbons (Fsp3) is 0.389. The van der Waals surface area contributed by atoms with Gasteiger partial charge in [0.15, 0.2) is 11.6 Å². The number of halogens is 4. The number of alkyl halides is 2. The van der Waals surface area contributed by atoms with E-state index in [0.717, 1.165) is 11.6 Å². The molecule has 7 heteroatoms. The second kappa shape index (κ2) is 6.63. The standard InChI is InChI=1S/C18H19F4N3/c1-11-6-15(24-16(23)7-11)13-8-12(9-14(19)17(13)20)10-25-4-2-18(21,22)3-5-25/h6-9H,2-5,10H2,1H3,(H2,23,24). The lowest BCUT2D eigenvalue weighted by Crippen LogP contribution is -2.38. The number of likely N-dealkylation sites (tertiary alicyclic amines) is 1. The van der Waals surface area contributed by atoms with E-state index in [1.54, 1.807) is 19.1 Å². The van der Waals surface area contributed by atoms with Crippen molar-refractivity contribution < 1.29 is 17.6 Å². The van der Waals surface area contributed by atoms with E-state index in [1.165, 1.54) is 6.07 Å². The molecule has 134 valence electrons. The first-order valence-corrected chi connectivity index (χ1v) is 8.06. The first-order valence-electron chi connectivity index (χ1n) is 8.06. The Hall–Kier alpha value is -2.15. The molecule has 0 unspecified atom stereocenters. The molecule has 2 aromatic rings. The van der Waals surface area contributed by atoms with E-state index in [9.17, 15) is 17.6 Å². The highest BCUT2D eigenvalue weighted by molar-refractivity contribution is 5.63. The van der Waals surface area contributed by atoms with Gasteiger partial charge in [0.1, 0.15) is 5.82 Å². The highest BCUT2D eigenvalue weighted by Gasteiger charge is 2.33. The smallest absolute Gasteiger partial charge is 0.250 e. The topological polar surface area (TPSA) is 42.1 Å². The molecule has 0 aliphatic carbocycles. The summed E-state index contributed by atoms with van der Waals surface area (Å²) in [4.78, 5) is 5.88. The molecule has 0 saturated carbocycles. The summed E-state index contributed by atoms with van der Waals surface area (Å²) < 4.78 is 54.8. The fourth-order valence-corrected chi connectivity index (χ4v) is 3.05. The molecule has 1 aromatic carbocycles. The van der Waals surface area contributed by atoms with Gasteiger partial charge < -0.3 is 5.73 Å². The molecule has 1 fully saturated rings. The van der Waals surface area contributed by atoms with Gasteiger partial charge in [0.05, 0.1) is 5.69 Å². The van der Waals surface area contributed by atoms with Crippen molar-refractivity contribution in [2.75, 3.05) is 18.8 Å². The highest BCUT2D eigenvalue weighted by atomic mass is 19.3. The van der Waals surface area contributed by atoms with Gasteiger partial charge in [-0.2, -0.15) is 0 Å². The lowest BCUT2D eigenvalue weighted by molar-refractivity contribution is -0.0566. The number of benzene rings is 1. The van der Waals surface area contributed by atoms with Crippen molar-refractivity contribution in [3.8, 4) is 11.3 Å². The molecule has 3 rings (SSSR count). The zero-order chi connectivity index (χ0) is 18.2. The van der Waals surface area contributed by atoms with Crippen molar-refractivity contribution in [2.45, 2.75) is 32.2 Å². The molecule has 0 radical (unpaired) electrons. The molecule has 0 spiro atoms. The number of nitrogen functional groups attached to an aromatic ring is 1. The van der Waals surface area contributed by atoms with Crippen molar-refractivity contribution in [1.29, 1.82) is 0 Å². The van der Waals surface area contributed by atoms with Crippen LogP contribution in [0.3, 0.4) is 0 Å². The van der Waals surface area contributed by atoms with Gasteiger partial charge in [-0.3, -0.25) is 4.90 Å². The van der Waals surface area contributed by atoms with Crippen molar-refractivity contribution in [3.05, 3.63) is 47.0 Å². The van der Waals surface area contributed by atoms with Crippen LogP contribution in [0.5, 0.6) is 0 Å². The number of nitrogens with zero attached hydrogens (tertiary/aromatic N) is 2. The van der Waals surface area contributed by atoms with E-state index in [0.29, 0.717) is 5.56 Å².